The number of nitrogens with one attached hydrogen (secondary N) is 2. The number of carbonyl (C=O) groups excluding carboxylic acids is 1. The van der Waals surface area contributed by atoms with Gasteiger partial charge in [0.05, 0.1) is 11.6 Å². The van der Waals surface area contributed by atoms with Crippen LogP contribution in [0.15, 0.2) is 0 Å². The fourth-order valence-electron chi connectivity index (χ4n) is 2.01. The second-order valence-electron chi connectivity index (χ2n) is 5.75. The Hall–Kier alpha value is -0.610. The average Bonchev–Trinajstić information content (AvgIpc) is 2.17. The molecule has 0 aromatic rings. The van der Waals surface area contributed by atoms with Crippen molar-refractivity contribution in [3.8, 4) is 0 Å². The maximum Gasteiger partial charge on any atom is 0.239 e. The minimum atomic E-state index is -0.550. The van der Waals surface area contributed by atoms with Gasteiger partial charge >= 0.3 is 0 Å². The Kier molecular flexibility index (Phi) is 3.65. The first kappa shape index (κ1) is 13.5. The van der Waals surface area contributed by atoms with Crippen LogP contribution in [0.5, 0.6) is 0 Å². The minimum Gasteiger partial charge on any atom is -0.392 e. The highest BCUT2D eigenvalue weighted by Crippen LogP contribution is 2.40. The summed E-state index contributed by atoms with van der Waals surface area (Å²) in [6.45, 7) is 10.4. The minimum absolute atomic E-state index is 0.000625. The van der Waals surface area contributed by atoms with Gasteiger partial charge in [-0.3, -0.25) is 4.79 Å². The number of hydrogen-bond donors (Lipinski definition) is 3. The molecule has 1 aliphatic rings. The van der Waals surface area contributed by atoms with Gasteiger partial charge in [0.1, 0.15) is 0 Å². The molecular formula is C12H24N2O2. The first-order valence-corrected chi connectivity index (χ1v) is 5.96. The average molecular weight is 228 g/mol. The lowest BCUT2D eigenvalue weighted by Gasteiger charge is -2.50. The Labute approximate surface area is 97.8 Å². The van der Waals surface area contributed by atoms with Crippen LogP contribution in [0.4, 0.5) is 0 Å². The summed E-state index contributed by atoms with van der Waals surface area (Å²) in [7, 11) is 0. The Morgan fingerprint density at radius 3 is 2.44 bits per heavy atom. The molecule has 94 valence electrons. The molecule has 0 aromatic heterocycles. The SMILES string of the molecule is CCNC(C)(C)C(=O)NC1CC(O)C1(C)C. The van der Waals surface area contributed by atoms with E-state index < -0.39 is 5.54 Å². The number of aliphatic hydroxyl groups excluding tert-OH is 1. The lowest BCUT2D eigenvalue weighted by Crippen LogP contribution is -2.65. The second kappa shape index (κ2) is 4.34. The van der Waals surface area contributed by atoms with Gasteiger partial charge < -0.3 is 15.7 Å². The van der Waals surface area contributed by atoms with Crippen LogP contribution in [0.2, 0.25) is 0 Å². The third-order valence-corrected chi connectivity index (χ3v) is 3.71. The molecule has 2 unspecified atom stereocenters. The predicted octanol–water partition coefficient (Wildman–Crippen LogP) is 0.650. The molecule has 2 atom stereocenters. The van der Waals surface area contributed by atoms with Gasteiger partial charge in [-0.1, -0.05) is 20.8 Å². The van der Waals surface area contributed by atoms with Gasteiger partial charge in [-0.05, 0) is 26.8 Å². The number of likely N-dealkylation sites (N-methyl/N-ethyl adjacent to an activating group) is 1. The summed E-state index contributed by atoms with van der Waals surface area (Å²) in [6, 6.07) is 0.0768. The zero-order chi connectivity index (χ0) is 12.6. The summed E-state index contributed by atoms with van der Waals surface area (Å²) in [5.74, 6) is -0.000625. The Morgan fingerprint density at radius 1 is 1.50 bits per heavy atom. The van der Waals surface area contributed by atoms with E-state index in [9.17, 15) is 9.90 Å². The Bertz CT molecular complexity index is 274. The van der Waals surface area contributed by atoms with Gasteiger partial charge in [-0.2, -0.15) is 0 Å². The molecule has 4 nitrogen and oxygen atoms in total. The van der Waals surface area contributed by atoms with Gasteiger partial charge in [0, 0.05) is 11.5 Å². The van der Waals surface area contributed by atoms with Gasteiger partial charge in [-0.25, -0.2) is 0 Å². The van der Waals surface area contributed by atoms with Gasteiger partial charge in [0.25, 0.3) is 0 Å². The van der Waals surface area contributed by atoms with Crippen molar-refractivity contribution >= 4 is 5.91 Å². The second-order valence-corrected chi connectivity index (χ2v) is 5.75. The molecule has 0 aliphatic heterocycles. The summed E-state index contributed by atoms with van der Waals surface area (Å²) in [5, 5.41) is 15.7. The van der Waals surface area contributed by atoms with Crippen molar-refractivity contribution in [2.24, 2.45) is 5.41 Å². The van der Waals surface area contributed by atoms with Crippen LogP contribution in [-0.2, 0) is 4.79 Å². The molecule has 0 bridgehead atoms. The summed E-state index contributed by atoms with van der Waals surface area (Å²) in [4.78, 5) is 12.0. The number of amides is 1. The third-order valence-electron chi connectivity index (χ3n) is 3.71. The standard InChI is InChI=1S/C12H24N2O2/c1-6-13-12(4,5)10(16)14-8-7-9(15)11(8,2)3/h8-9,13,15H,6-7H2,1-5H3,(H,14,16). The third kappa shape index (κ3) is 2.38. The molecule has 1 fully saturated rings. The van der Waals surface area contributed by atoms with E-state index in [4.69, 9.17) is 0 Å². The normalized spacial score (nSPS) is 28.4. The van der Waals surface area contributed by atoms with Crippen LogP contribution >= 0.6 is 0 Å². The summed E-state index contributed by atoms with van der Waals surface area (Å²) >= 11 is 0. The predicted molar refractivity (Wildman–Crippen MR) is 64.1 cm³/mol. The van der Waals surface area contributed by atoms with Crippen LogP contribution in [0.25, 0.3) is 0 Å². The molecule has 16 heavy (non-hydrogen) atoms. The lowest BCUT2D eigenvalue weighted by atomic mass is 9.64. The number of aliphatic hydroxyl groups is 1. The monoisotopic (exact) mass is 228 g/mol. The number of rotatable bonds is 4. The van der Waals surface area contributed by atoms with Crippen molar-refractivity contribution in [1.29, 1.82) is 0 Å². The number of carbonyl (C=O) groups is 1. The number of hydrogen-bond acceptors (Lipinski definition) is 3. The molecule has 0 heterocycles. The van der Waals surface area contributed by atoms with Crippen molar-refractivity contribution in [2.45, 2.75) is 58.7 Å². The molecule has 1 amide bonds. The fourth-order valence-corrected chi connectivity index (χ4v) is 2.01. The van der Waals surface area contributed by atoms with Crippen molar-refractivity contribution in [3.05, 3.63) is 0 Å². The summed E-state index contributed by atoms with van der Waals surface area (Å²) < 4.78 is 0. The van der Waals surface area contributed by atoms with Crippen molar-refractivity contribution in [3.63, 3.8) is 0 Å². The highest BCUT2D eigenvalue weighted by Gasteiger charge is 2.48. The highest BCUT2D eigenvalue weighted by molar-refractivity contribution is 5.85. The van der Waals surface area contributed by atoms with E-state index in [1.807, 2.05) is 34.6 Å². The van der Waals surface area contributed by atoms with E-state index in [1.165, 1.54) is 0 Å². The molecule has 1 saturated carbocycles. The van der Waals surface area contributed by atoms with Crippen molar-refractivity contribution < 1.29 is 9.90 Å². The zero-order valence-electron chi connectivity index (χ0n) is 10.9. The molecule has 0 radical (unpaired) electrons. The topological polar surface area (TPSA) is 61.4 Å². The largest absolute Gasteiger partial charge is 0.392 e. The highest BCUT2D eigenvalue weighted by atomic mass is 16.3. The van der Waals surface area contributed by atoms with Gasteiger partial charge in [-0.15, -0.1) is 0 Å². The zero-order valence-corrected chi connectivity index (χ0v) is 10.9. The Morgan fingerprint density at radius 2 is 2.06 bits per heavy atom. The molecule has 1 aliphatic carbocycles. The van der Waals surface area contributed by atoms with Gasteiger partial charge in [0.15, 0.2) is 0 Å². The van der Waals surface area contributed by atoms with E-state index in [0.717, 1.165) is 6.54 Å². The van der Waals surface area contributed by atoms with Crippen LogP contribution in [0.3, 0.4) is 0 Å². The van der Waals surface area contributed by atoms with Crippen LogP contribution < -0.4 is 10.6 Å². The van der Waals surface area contributed by atoms with E-state index in [-0.39, 0.29) is 23.5 Å². The lowest BCUT2D eigenvalue weighted by molar-refractivity contribution is -0.134. The van der Waals surface area contributed by atoms with Crippen LogP contribution in [-0.4, -0.2) is 35.2 Å². The quantitative estimate of drug-likeness (QED) is 0.662. The van der Waals surface area contributed by atoms with Crippen LogP contribution in [0, 0.1) is 5.41 Å². The molecule has 3 N–H and O–H groups in total. The first-order valence-electron chi connectivity index (χ1n) is 5.96. The summed E-state index contributed by atoms with van der Waals surface area (Å²) in [6.07, 6.45) is 0.348. The van der Waals surface area contributed by atoms with Gasteiger partial charge in [0.2, 0.25) is 5.91 Å². The molecule has 0 spiro atoms. The molecule has 1 rings (SSSR count). The van der Waals surface area contributed by atoms with Crippen LogP contribution in [0.1, 0.15) is 41.0 Å². The fraction of sp³-hybridized carbons (Fsp3) is 0.917. The van der Waals surface area contributed by atoms with E-state index >= 15 is 0 Å². The summed E-state index contributed by atoms with van der Waals surface area (Å²) in [5.41, 5.74) is -0.761. The maximum absolute atomic E-state index is 12.0. The van der Waals surface area contributed by atoms with Crippen molar-refractivity contribution in [2.75, 3.05) is 6.54 Å². The molecule has 4 heteroatoms. The Balaban J connectivity index is 2.53. The van der Waals surface area contributed by atoms with Crippen molar-refractivity contribution in [1.82, 2.24) is 10.6 Å². The molecule has 0 saturated heterocycles. The first-order chi connectivity index (χ1) is 7.21. The van der Waals surface area contributed by atoms with E-state index in [0.29, 0.717) is 6.42 Å². The van der Waals surface area contributed by atoms with E-state index in [1.54, 1.807) is 0 Å². The van der Waals surface area contributed by atoms with E-state index in [2.05, 4.69) is 10.6 Å². The maximum atomic E-state index is 12.0. The molecular weight excluding hydrogens is 204 g/mol. The smallest absolute Gasteiger partial charge is 0.239 e. The molecule has 0 aromatic carbocycles.